The second kappa shape index (κ2) is 7.04. The van der Waals surface area contributed by atoms with Gasteiger partial charge in [-0.2, -0.15) is 0 Å². The average Bonchev–Trinajstić information content (AvgIpc) is 2.97. The Morgan fingerprint density at radius 3 is 2.06 bits per heavy atom. The van der Waals surface area contributed by atoms with Gasteiger partial charge in [0.05, 0.1) is 12.5 Å². The number of ether oxygens (including phenoxy) is 1. The van der Waals surface area contributed by atoms with E-state index in [1.54, 1.807) is 7.11 Å². The van der Waals surface area contributed by atoms with Crippen molar-refractivity contribution in [3.05, 3.63) is 102 Å². The minimum atomic E-state index is -1.57. The van der Waals surface area contributed by atoms with E-state index in [2.05, 4.69) is 5.32 Å². The molecule has 0 spiro atoms. The van der Waals surface area contributed by atoms with E-state index in [0.717, 1.165) is 16.9 Å². The van der Waals surface area contributed by atoms with Crippen LogP contribution in [-0.4, -0.2) is 24.5 Å². The van der Waals surface area contributed by atoms with Crippen LogP contribution in [0.25, 0.3) is 0 Å². The van der Waals surface area contributed by atoms with Crippen LogP contribution in [0.5, 0.6) is 5.75 Å². The minimum absolute atomic E-state index is 0.134. The molecule has 1 saturated heterocycles. The summed E-state index contributed by atoms with van der Waals surface area (Å²) in [6.45, 7) is 2.56. The van der Waals surface area contributed by atoms with E-state index in [1.807, 2.05) is 91.9 Å². The number of benzene rings is 3. The maximum absolute atomic E-state index is 14.4. The molecule has 4 nitrogen and oxygen atoms in total. The van der Waals surface area contributed by atoms with Crippen molar-refractivity contribution in [1.82, 2.24) is 5.32 Å². The normalized spacial score (nSPS) is 32.1. The van der Waals surface area contributed by atoms with Crippen molar-refractivity contribution in [3.63, 3.8) is 0 Å². The van der Waals surface area contributed by atoms with Crippen molar-refractivity contribution in [3.8, 4) is 5.75 Å². The van der Waals surface area contributed by atoms with Gasteiger partial charge < -0.3 is 15.2 Å². The maximum Gasteiger partial charge on any atom is 0.181 e. The zero-order valence-electron chi connectivity index (χ0n) is 17.8. The molecule has 1 aliphatic carbocycles. The van der Waals surface area contributed by atoms with Gasteiger partial charge in [0.15, 0.2) is 11.4 Å². The molecule has 0 aromatic heterocycles. The van der Waals surface area contributed by atoms with Gasteiger partial charge in [-0.15, -0.1) is 0 Å². The van der Waals surface area contributed by atoms with Crippen molar-refractivity contribution >= 4 is 5.78 Å². The molecule has 5 rings (SSSR count). The maximum atomic E-state index is 14.4. The summed E-state index contributed by atoms with van der Waals surface area (Å²) in [4.78, 5) is 14.4. The summed E-state index contributed by atoms with van der Waals surface area (Å²) in [5.41, 5.74) is -0.475. The Morgan fingerprint density at radius 1 is 0.903 bits per heavy atom. The molecule has 3 aromatic carbocycles. The van der Waals surface area contributed by atoms with Crippen LogP contribution in [0.15, 0.2) is 84.9 Å². The first-order valence-corrected chi connectivity index (χ1v) is 10.7. The summed E-state index contributed by atoms with van der Waals surface area (Å²) >= 11 is 0. The fraction of sp³-hybridized carbons (Fsp3) is 0.296. The van der Waals surface area contributed by atoms with Gasteiger partial charge in [0.2, 0.25) is 0 Å². The number of carbonyl (C=O) groups is 1. The van der Waals surface area contributed by atoms with Gasteiger partial charge in [-0.05, 0) is 35.2 Å². The average molecular weight is 414 g/mol. The third-order valence-electron chi connectivity index (χ3n) is 7.40. The lowest BCUT2D eigenvalue weighted by molar-refractivity contribution is -0.145. The van der Waals surface area contributed by atoms with Gasteiger partial charge in [-0.25, -0.2) is 0 Å². The molecule has 1 aliphatic heterocycles. The molecule has 158 valence electrons. The van der Waals surface area contributed by atoms with Crippen LogP contribution >= 0.6 is 0 Å². The number of nitrogens with one attached hydrogen (secondary N) is 1. The van der Waals surface area contributed by atoms with Gasteiger partial charge >= 0.3 is 0 Å². The topological polar surface area (TPSA) is 58.6 Å². The van der Waals surface area contributed by atoms with Crippen LogP contribution in [0.3, 0.4) is 0 Å². The first kappa shape index (κ1) is 20.0. The van der Waals surface area contributed by atoms with E-state index in [0.29, 0.717) is 18.5 Å². The molecule has 1 saturated carbocycles. The fourth-order valence-electron chi connectivity index (χ4n) is 5.84. The largest absolute Gasteiger partial charge is 0.497 e. The van der Waals surface area contributed by atoms with E-state index in [9.17, 15) is 9.90 Å². The molecule has 2 bridgehead atoms. The second-order valence-electron chi connectivity index (χ2n) is 9.07. The SMILES string of the molecule is COc1ccc(C2NCC3(C)CC2(c2ccccc2)C(=O)C3(O)c2ccccc2)cc1. The van der Waals surface area contributed by atoms with E-state index < -0.39 is 16.4 Å². The highest BCUT2D eigenvalue weighted by Gasteiger charge is 2.72. The van der Waals surface area contributed by atoms with Crippen LogP contribution in [0, 0.1) is 5.41 Å². The molecule has 0 amide bonds. The van der Waals surface area contributed by atoms with Crippen LogP contribution in [0.2, 0.25) is 0 Å². The Labute approximate surface area is 182 Å². The standard InChI is InChI=1S/C27H27NO3/c1-25-17-26(20-9-5-3-6-10-20,24(29)27(25,30)21-11-7-4-8-12-21)23(28-18-25)19-13-15-22(31-2)16-14-19/h3-16,23,28,30H,17-18H2,1-2H3. The Bertz CT molecular complexity index is 1100. The molecule has 4 atom stereocenters. The van der Waals surface area contributed by atoms with E-state index in [4.69, 9.17) is 4.74 Å². The zero-order valence-corrected chi connectivity index (χ0v) is 17.8. The number of Topliss-reactive ketones (excluding diaryl/α,β-unsaturated/α-hetero) is 1. The first-order chi connectivity index (χ1) is 15.0. The van der Waals surface area contributed by atoms with Gasteiger partial charge in [-0.1, -0.05) is 79.7 Å². The number of piperidine rings is 1. The first-order valence-electron chi connectivity index (χ1n) is 10.7. The molecule has 31 heavy (non-hydrogen) atoms. The van der Waals surface area contributed by atoms with Crippen molar-refractivity contribution in [2.24, 2.45) is 5.41 Å². The highest BCUT2D eigenvalue weighted by molar-refractivity contribution is 6.02. The van der Waals surface area contributed by atoms with Crippen LogP contribution in [0.4, 0.5) is 0 Å². The number of carbonyl (C=O) groups excluding carboxylic acids is 1. The third kappa shape index (κ3) is 2.65. The highest BCUT2D eigenvalue weighted by Crippen LogP contribution is 2.64. The Morgan fingerprint density at radius 2 is 1.48 bits per heavy atom. The number of rotatable bonds is 4. The number of fused-ring (bicyclic) bond motifs is 2. The molecule has 3 aromatic rings. The lowest BCUT2D eigenvalue weighted by Crippen LogP contribution is -2.51. The molecular weight excluding hydrogens is 386 g/mol. The number of methoxy groups -OCH3 is 1. The van der Waals surface area contributed by atoms with E-state index in [1.165, 1.54) is 0 Å². The summed E-state index contributed by atoms with van der Waals surface area (Å²) in [5, 5.41) is 15.8. The Hall–Kier alpha value is -2.95. The summed E-state index contributed by atoms with van der Waals surface area (Å²) in [6.07, 6.45) is 0.567. The Balaban J connectivity index is 1.73. The molecular formula is C27H27NO3. The third-order valence-corrected chi connectivity index (χ3v) is 7.40. The monoisotopic (exact) mass is 413 g/mol. The van der Waals surface area contributed by atoms with Crippen molar-refractivity contribution < 1.29 is 14.6 Å². The predicted octanol–water partition coefficient (Wildman–Crippen LogP) is 4.14. The summed E-state index contributed by atoms with van der Waals surface area (Å²) in [6, 6.07) is 26.9. The van der Waals surface area contributed by atoms with Gasteiger partial charge in [0, 0.05) is 18.0 Å². The van der Waals surface area contributed by atoms with Crippen molar-refractivity contribution in [1.29, 1.82) is 0 Å². The van der Waals surface area contributed by atoms with Crippen LogP contribution in [0.1, 0.15) is 36.1 Å². The molecule has 1 heterocycles. The van der Waals surface area contributed by atoms with Gasteiger partial charge in [0.1, 0.15) is 5.75 Å². The van der Waals surface area contributed by atoms with E-state index in [-0.39, 0.29) is 11.8 Å². The number of ketones is 1. The minimum Gasteiger partial charge on any atom is -0.497 e. The molecule has 2 N–H and O–H groups in total. The Kier molecular flexibility index (Phi) is 4.54. The van der Waals surface area contributed by atoms with Crippen molar-refractivity contribution in [2.45, 2.75) is 30.4 Å². The van der Waals surface area contributed by atoms with Gasteiger partial charge in [0.25, 0.3) is 0 Å². The zero-order chi connectivity index (χ0) is 21.7. The summed E-state index contributed by atoms with van der Waals surface area (Å²) < 4.78 is 5.33. The molecule has 2 fully saturated rings. The number of hydrogen-bond donors (Lipinski definition) is 2. The number of aliphatic hydroxyl groups is 1. The predicted molar refractivity (Wildman–Crippen MR) is 120 cm³/mol. The molecule has 2 aliphatic rings. The van der Waals surface area contributed by atoms with Crippen LogP contribution < -0.4 is 10.1 Å². The quantitative estimate of drug-likeness (QED) is 0.675. The lowest BCUT2D eigenvalue weighted by atomic mass is 9.65. The molecule has 4 heteroatoms. The summed E-state index contributed by atoms with van der Waals surface area (Å²) in [5.74, 6) is 0.641. The van der Waals surface area contributed by atoms with Gasteiger partial charge in [-0.3, -0.25) is 4.79 Å². The molecule has 4 unspecified atom stereocenters. The van der Waals surface area contributed by atoms with E-state index >= 15 is 0 Å². The number of hydrogen-bond acceptors (Lipinski definition) is 4. The van der Waals surface area contributed by atoms with Crippen molar-refractivity contribution in [2.75, 3.05) is 13.7 Å². The lowest BCUT2D eigenvalue weighted by Gasteiger charge is -2.45. The fourth-order valence-corrected chi connectivity index (χ4v) is 5.84. The second-order valence-corrected chi connectivity index (χ2v) is 9.07. The summed E-state index contributed by atoms with van der Waals surface area (Å²) in [7, 11) is 1.64. The highest BCUT2D eigenvalue weighted by atomic mass is 16.5. The van der Waals surface area contributed by atoms with Crippen LogP contribution in [-0.2, 0) is 15.8 Å². The smallest absolute Gasteiger partial charge is 0.181 e. The molecule has 0 radical (unpaired) electrons.